The lowest BCUT2D eigenvalue weighted by molar-refractivity contribution is -0.129. The van der Waals surface area contributed by atoms with Crippen LogP contribution < -0.4 is 10.6 Å². The van der Waals surface area contributed by atoms with E-state index in [1.54, 1.807) is 6.92 Å². The van der Waals surface area contributed by atoms with Crippen LogP contribution in [0.2, 0.25) is 0 Å². The molecule has 0 radical (unpaired) electrons. The number of hydrogen-bond donors (Lipinski definition) is 2. The maximum atomic E-state index is 12.0. The van der Waals surface area contributed by atoms with Crippen LogP contribution >= 0.6 is 0 Å². The summed E-state index contributed by atoms with van der Waals surface area (Å²) in [6.45, 7) is 10.5. The Morgan fingerprint density at radius 2 is 2.00 bits per heavy atom. The minimum Gasteiger partial charge on any atom is -0.343 e. The predicted octanol–water partition coefficient (Wildman–Crippen LogP) is 1.45. The summed E-state index contributed by atoms with van der Waals surface area (Å²) in [7, 11) is 0. The van der Waals surface area contributed by atoms with Gasteiger partial charge in [0.15, 0.2) is 0 Å². The molecule has 1 aliphatic heterocycles. The van der Waals surface area contributed by atoms with Crippen LogP contribution in [0.15, 0.2) is 6.07 Å². The van der Waals surface area contributed by atoms with Crippen molar-refractivity contribution in [3.05, 3.63) is 17.5 Å². The van der Waals surface area contributed by atoms with Crippen molar-refractivity contribution in [1.82, 2.24) is 25.3 Å². The second-order valence-corrected chi connectivity index (χ2v) is 6.85. The predicted molar refractivity (Wildman–Crippen MR) is 92.7 cm³/mol. The van der Waals surface area contributed by atoms with Crippen LogP contribution in [0.25, 0.3) is 0 Å². The van der Waals surface area contributed by atoms with Gasteiger partial charge in [-0.1, -0.05) is 6.92 Å². The van der Waals surface area contributed by atoms with Gasteiger partial charge in [0.2, 0.25) is 5.91 Å². The maximum Gasteiger partial charge on any atom is 0.315 e. The molecule has 1 aliphatic rings. The van der Waals surface area contributed by atoms with Crippen molar-refractivity contribution in [2.24, 2.45) is 5.92 Å². The molecule has 2 heterocycles. The zero-order valence-corrected chi connectivity index (χ0v) is 15.1. The van der Waals surface area contributed by atoms with Gasteiger partial charge in [0, 0.05) is 44.8 Å². The van der Waals surface area contributed by atoms with E-state index in [1.165, 1.54) is 0 Å². The van der Waals surface area contributed by atoms with Gasteiger partial charge in [0.05, 0.1) is 5.69 Å². The Labute approximate surface area is 143 Å². The number of aromatic nitrogens is 2. The van der Waals surface area contributed by atoms with E-state index in [2.05, 4.69) is 28.7 Å². The minimum atomic E-state index is -0.128. The Hall–Kier alpha value is -2.05. The fourth-order valence-electron chi connectivity index (χ4n) is 3.06. The summed E-state index contributed by atoms with van der Waals surface area (Å²) >= 11 is 0. The zero-order chi connectivity index (χ0) is 17.7. The fourth-order valence-corrected chi connectivity index (χ4v) is 3.06. The molecule has 1 aromatic rings. The highest BCUT2D eigenvalue weighted by Crippen LogP contribution is 2.10. The van der Waals surface area contributed by atoms with E-state index in [0.717, 1.165) is 30.8 Å². The zero-order valence-electron chi connectivity index (χ0n) is 15.1. The summed E-state index contributed by atoms with van der Waals surface area (Å²) in [6.07, 6.45) is 1.63. The first-order valence-corrected chi connectivity index (χ1v) is 8.66. The van der Waals surface area contributed by atoms with Crippen molar-refractivity contribution in [2.45, 2.75) is 53.1 Å². The molecule has 3 amide bonds. The number of aryl methyl sites for hydroxylation is 2. The first-order chi connectivity index (χ1) is 11.3. The number of nitrogens with one attached hydrogen (secondary N) is 2. The molecule has 1 atom stereocenters. The van der Waals surface area contributed by atoms with Crippen molar-refractivity contribution in [2.75, 3.05) is 19.6 Å². The van der Waals surface area contributed by atoms with Gasteiger partial charge in [-0.05, 0) is 38.7 Å². The lowest BCUT2D eigenvalue weighted by Crippen LogP contribution is -2.49. The minimum absolute atomic E-state index is 0.107. The summed E-state index contributed by atoms with van der Waals surface area (Å²) in [4.78, 5) is 25.2. The van der Waals surface area contributed by atoms with Crippen molar-refractivity contribution >= 4 is 11.9 Å². The van der Waals surface area contributed by atoms with Crippen molar-refractivity contribution in [3.8, 4) is 0 Å². The summed E-state index contributed by atoms with van der Waals surface area (Å²) in [5.41, 5.74) is 2.16. The number of hydrogen-bond acceptors (Lipinski definition) is 3. The molecular formula is C17H29N5O2. The summed E-state index contributed by atoms with van der Waals surface area (Å²) in [5.74, 6) is 0.407. The van der Waals surface area contributed by atoms with Gasteiger partial charge in [-0.25, -0.2) is 4.79 Å². The van der Waals surface area contributed by atoms with Gasteiger partial charge in [0.1, 0.15) is 0 Å². The highest BCUT2D eigenvalue weighted by molar-refractivity contribution is 5.74. The molecule has 7 heteroatoms. The van der Waals surface area contributed by atoms with Gasteiger partial charge >= 0.3 is 6.03 Å². The van der Waals surface area contributed by atoms with Crippen LogP contribution in [0.5, 0.6) is 0 Å². The SMILES string of the molecule is CC(=O)N1CCC(NC(=O)NC[C@@H](C)Cn2nc(C)cc2C)CC1. The highest BCUT2D eigenvalue weighted by atomic mass is 16.2. The largest absolute Gasteiger partial charge is 0.343 e. The fraction of sp³-hybridized carbons (Fsp3) is 0.706. The van der Waals surface area contributed by atoms with E-state index in [9.17, 15) is 9.59 Å². The number of piperidine rings is 1. The van der Waals surface area contributed by atoms with Crippen LogP contribution in [-0.2, 0) is 11.3 Å². The highest BCUT2D eigenvalue weighted by Gasteiger charge is 2.21. The van der Waals surface area contributed by atoms with E-state index < -0.39 is 0 Å². The second kappa shape index (κ2) is 8.17. The standard InChI is InChI=1S/C17H29N5O2/c1-12(11-22-14(3)9-13(2)20-22)10-18-17(24)19-16-5-7-21(8-6-16)15(4)23/h9,12,16H,5-8,10-11H2,1-4H3,(H2,18,19,24)/t12-/m1/s1. The number of urea groups is 1. The van der Waals surface area contributed by atoms with Gasteiger partial charge in [-0.2, -0.15) is 5.10 Å². The molecule has 0 aliphatic carbocycles. The molecule has 0 saturated carbocycles. The molecule has 0 aromatic carbocycles. The smallest absolute Gasteiger partial charge is 0.315 e. The molecule has 0 spiro atoms. The van der Waals surface area contributed by atoms with E-state index in [1.807, 2.05) is 23.4 Å². The lowest BCUT2D eigenvalue weighted by atomic mass is 10.1. The summed E-state index contributed by atoms with van der Waals surface area (Å²) in [5, 5.41) is 10.4. The number of rotatable bonds is 5. The topological polar surface area (TPSA) is 79.3 Å². The van der Waals surface area contributed by atoms with E-state index in [4.69, 9.17) is 0 Å². The van der Waals surface area contributed by atoms with Crippen LogP contribution in [0.1, 0.15) is 38.1 Å². The van der Waals surface area contributed by atoms with Gasteiger partial charge in [-0.3, -0.25) is 9.48 Å². The normalized spacial score (nSPS) is 16.8. The third-order valence-electron chi connectivity index (χ3n) is 4.47. The van der Waals surface area contributed by atoms with Gasteiger partial charge in [-0.15, -0.1) is 0 Å². The van der Waals surface area contributed by atoms with E-state index in [0.29, 0.717) is 25.6 Å². The molecule has 1 fully saturated rings. The van der Waals surface area contributed by atoms with Gasteiger partial charge in [0.25, 0.3) is 0 Å². The molecular weight excluding hydrogens is 306 g/mol. The lowest BCUT2D eigenvalue weighted by Gasteiger charge is -2.31. The molecule has 2 N–H and O–H groups in total. The number of carbonyl (C=O) groups excluding carboxylic acids is 2. The summed E-state index contributed by atoms with van der Waals surface area (Å²) < 4.78 is 1.98. The van der Waals surface area contributed by atoms with Crippen molar-refractivity contribution < 1.29 is 9.59 Å². The van der Waals surface area contributed by atoms with E-state index in [-0.39, 0.29) is 18.0 Å². The van der Waals surface area contributed by atoms with Crippen LogP contribution in [0.3, 0.4) is 0 Å². The number of amides is 3. The Bertz CT molecular complexity index is 576. The van der Waals surface area contributed by atoms with Crippen molar-refractivity contribution in [3.63, 3.8) is 0 Å². The Morgan fingerprint density at radius 3 is 2.54 bits per heavy atom. The molecule has 0 unspecified atom stereocenters. The number of carbonyl (C=O) groups is 2. The monoisotopic (exact) mass is 335 g/mol. The number of nitrogens with zero attached hydrogens (tertiary/aromatic N) is 3. The molecule has 1 aromatic heterocycles. The van der Waals surface area contributed by atoms with Crippen LogP contribution in [0, 0.1) is 19.8 Å². The molecule has 24 heavy (non-hydrogen) atoms. The Morgan fingerprint density at radius 1 is 1.33 bits per heavy atom. The van der Waals surface area contributed by atoms with Gasteiger partial charge < -0.3 is 15.5 Å². The van der Waals surface area contributed by atoms with Crippen LogP contribution in [-0.4, -0.2) is 52.3 Å². The first kappa shape index (κ1) is 18.3. The average Bonchev–Trinajstić information content (AvgIpc) is 2.83. The molecule has 0 bridgehead atoms. The quantitative estimate of drug-likeness (QED) is 0.855. The molecule has 1 saturated heterocycles. The van der Waals surface area contributed by atoms with Crippen LogP contribution in [0.4, 0.5) is 4.79 Å². The van der Waals surface area contributed by atoms with E-state index >= 15 is 0 Å². The molecule has 2 rings (SSSR count). The molecule has 7 nitrogen and oxygen atoms in total. The third-order valence-corrected chi connectivity index (χ3v) is 4.47. The number of likely N-dealkylation sites (tertiary alicyclic amines) is 1. The Balaban J connectivity index is 1.68. The first-order valence-electron chi connectivity index (χ1n) is 8.66. The second-order valence-electron chi connectivity index (χ2n) is 6.85. The maximum absolute atomic E-state index is 12.0. The summed E-state index contributed by atoms with van der Waals surface area (Å²) in [6, 6.07) is 2.07. The third kappa shape index (κ3) is 5.25. The average molecular weight is 335 g/mol. The van der Waals surface area contributed by atoms with Crippen molar-refractivity contribution in [1.29, 1.82) is 0 Å². The Kier molecular flexibility index (Phi) is 6.23. The molecule has 134 valence electrons.